The highest BCUT2D eigenvalue weighted by molar-refractivity contribution is 9.10. The Kier molecular flexibility index (Phi) is 2.60. The van der Waals surface area contributed by atoms with E-state index in [1.807, 2.05) is 0 Å². The van der Waals surface area contributed by atoms with Crippen LogP contribution in [0.1, 0.15) is 6.92 Å². The van der Waals surface area contributed by atoms with Gasteiger partial charge in [0, 0.05) is 0 Å². The molecular formula is C4H7BrO4. The fraction of sp³-hybridized carbons (Fsp3) is 0.750. The van der Waals surface area contributed by atoms with Gasteiger partial charge in [-0.2, -0.15) is 0 Å². The number of hydrogen-bond donors (Lipinski definition) is 3. The Morgan fingerprint density at radius 3 is 2.11 bits per heavy atom. The van der Waals surface area contributed by atoms with Crippen molar-refractivity contribution in [3.05, 3.63) is 0 Å². The largest absolute Gasteiger partial charge is 0.478 e. The molecule has 0 saturated carbocycles. The van der Waals surface area contributed by atoms with Gasteiger partial charge in [-0.15, -0.1) is 0 Å². The van der Waals surface area contributed by atoms with Crippen molar-refractivity contribution in [2.24, 2.45) is 0 Å². The third-order valence-corrected chi connectivity index (χ3v) is 1.86. The molecule has 5 heteroatoms. The van der Waals surface area contributed by atoms with Gasteiger partial charge in [-0.3, -0.25) is 0 Å². The van der Waals surface area contributed by atoms with Gasteiger partial charge in [0.05, 0.1) is 0 Å². The normalized spacial score (nSPS) is 20.4. The van der Waals surface area contributed by atoms with Crippen molar-refractivity contribution < 1.29 is 20.1 Å². The molecule has 0 saturated heterocycles. The number of rotatable bonds is 2. The third kappa shape index (κ3) is 1.92. The predicted molar refractivity (Wildman–Crippen MR) is 33.2 cm³/mol. The highest BCUT2D eigenvalue weighted by Crippen LogP contribution is 2.18. The first-order valence-corrected chi connectivity index (χ1v) is 3.01. The highest BCUT2D eigenvalue weighted by Gasteiger charge is 2.37. The minimum Gasteiger partial charge on any atom is -0.478 e. The zero-order valence-corrected chi connectivity index (χ0v) is 6.29. The Labute approximate surface area is 60.2 Å². The maximum atomic E-state index is 10.0. The van der Waals surface area contributed by atoms with Gasteiger partial charge in [0.15, 0.2) is 0 Å². The van der Waals surface area contributed by atoms with Crippen molar-refractivity contribution in [2.45, 2.75) is 17.5 Å². The molecule has 0 aromatic rings. The number of hydrogen-bond acceptors (Lipinski definition) is 3. The van der Waals surface area contributed by atoms with Crippen molar-refractivity contribution >= 4 is 21.9 Å². The summed E-state index contributed by atoms with van der Waals surface area (Å²) in [5.74, 6) is -1.50. The first-order chi connectivity index (χ1) is 3.89. The zero-order chi connectivity index (χ0) is 7.65. The second-order valence-electron chi connectivity index (χ2n) is 1.65. The second-order valence-corrected chi connectivity index (χ2v) is 2.86. The maximum Gasteiger partial charge on any atom is 0.349 e. The van der Waals surface area contributed by atoms with Crippen LogP contribution in [0.4, 0.5) is 0 Å². The molecule has 2 atom stereocenters. The molecule has 0 amide bonds. The summed E-state index contributed by atoms with van der Waals surface area (Å²) in [5.41, 5.74) is 0. The van der Waals surface area contributed by atoms with Gasteiger partial charge >= 0.3 is 5.97 Å². The summed E-state index contributed by atoms with van der Waals surface area (Å²) in [5, 5.41) is 25.5. The molecule has 2 unspecified atom stereocenters. The minimum atomic E-state index is -2.22. The number of alkyl halides is 1. The van der Waals surface area contributed by atoms with Crippen LogP contribution in [0, 0.1) is 0 Å². The van der Waals surface area contributed by atoms with Crippen molar-refractivity contribution in [3.63, 3.8) is 0 Å². The van der Waals surface area contributed by atoms with Crippen LogP contribution in [0.2, 0.25) is 0 Å². The van der Waals surface area contributed by atoms with Crippen LogP contribution in [0.25, 0.3) is 0 Å². The highest BCUT2D eigenvalue weighted by atomic mass is 79.9. The Morgan fingerprint density at radius 2 is 2.11 bits per heavy atom. The van der Waals surface area contributed by atoms with Gasteiger partial charge in [-0.25, -0.2) is 4.79 Å². The van der Waals surface area contributed by atoms with Gasteiger partial charge in [0.25, 0.3) is 0 Å². The molecule has 0 aliphatic carbocycles. The number of halogens is 1. The fourth-order valence-electron chi connectivity index (χ4n) is 0.179. The lowest BCUT2D eigenvalue weighted by Crippen LogP contribution is -2.41. The molecule has 54 valence electrons. The summed E-state index contributed by atoms with van der Waals surface area (Å²) in [6.07, 6.45) is -1.34. The Hall–Kier alpha value is -0.130. The molecule has 0 aliphatic rings. The molecule has 0 rings (SSSR count). The topological polar surface area (TPSA) is 77.8 Å². The molecule has 0 aromatic carbocycles. The number of aliphatic hydroxyl groups excluding tert-OH is 1. The lowest BCUT2D eigenvalue weighted by atomic mass is 10.2. The Balaban J connectivity index is 4.19. The van der Waals surface area contributed by atoms with Gasteiger partial charge in [-0.1, -0.05) is 0 Å². The minimum absolute atomic E-state index is 1.17. The predicted octanol–water partition coefficient (Wildman–Crippen LogP) is -0.465. The van der Waals surface area contributed by atoms with Crippen LogP contribution in [-0.2, 0) is 4.79 Å². The van der Waals surface area contributed by atoms with Crippen molar-refractivity contribution in [1.82, 2.24) is 0 Å². The molecule has 4 nitrogen and oxygen atoms in total. The summed E-state index contributed by atoms with van der Waals surface area (Å²) < 4.78 is -2.22. The summed E-state index contributed by atoms with van der Waals surface area (Å²) in [4.78, 5) is 10.0. The van der Waals surface area contributed by atoms with Gasteiger partial charge in [0.2, 0.25) is 4.51 Å². The zero-order valence-electron chi connectivity index (χ0n) is 4.71. The fourth-order valence-corrected chi connectivity index (χ4v) is 0.179. The van der Waals surface area contributed by atoms with Crippen LogP contribution < -0.4 is 0 Å². The van der Waals surface area contributed by atoms with E-state index in [0.717, 1.165) is 0 Å². The van der Waals surface area contributed by atoms with E-state index in [9.17, 15) is 4.79 Å². The molecule has 0 heterocycles. The van der Waals surface area contributed by atoms with Crippen molar-refractivity contribution in [1.29, 1.82) is 0 Å². The summed E-state index contributed by atoms with van der Waals surface area (Å²) in [6.45, 7) is 1.17. The van der Waals surface area contributed by atoms with E-state index in [0.29, 0.717) is 0 Å². The van der Waals surface area contributed by atoms with E-state index in [-0.39, 0.29) is 0 Å². The van der Waals surface area contributed by atoms with E-state index in [1.165, 1.54) is 6.92 Å². The standard InChI is InChI=1S/C4H7BrO4/c1-2(6)4(5,9)3(7)8/h2,6,9H,1H3,(H,7,8). The lowest BCUT2D eigenvalue weighted by molar-refractivity contribution is -0.155. The molecule has 3 N–H and O–H groups in total. The van der Waals surface area contributed by atoms with E-state index in [4.69, 9.17) is 15.3 Å². The van der Waals surface area contributed by atoms with E-state index >= 15 is 0 Å². The van der Waals surface area contributed by atoms with E-state index in [2.05, 4.69) is 15.9 Å². The molecule has 0 fully saturated rings. The van der Waals surface area contributed by atoms with Crippen LogP contribution in [-0.4, -0.2) is 31.9 Å². The number of carbonyl (C=O) groups is 1. The lowest BCUT2D eigenvalue weighted by Gasteiger charge is -2.17. The monoisotopic (exact) mass is 198 g/mol. The molecule has 9 heavy (non-hydrogen) atoms. The third-order valence-electron chi connectivity index (χ3n) is 0.854. The Morgan fingerprint density at radius 1 is 1.78 bits per heavy atom. The average Bonchev–Trinajstić information content (AvgIpc) is 1.65. The van der Waals surface area contributed by atoms with Crippen LogP contribution in [0.15, 0.2) is 0 Å². The number of aliphatic hydroxyl groups is 2. The van der Waals surface area contributed by atoms with Crippen LogP contribution >= 0.6 is 15.9 Å². The van der Waals surface area contributed by atoms with Gasteiger partial charge in [0.1, 0.15) is 6.10 Å². The Bertz CT molecular complexity index is 120. The second kappa shape index (κ2) is 2.64. The van der Waals surface area contributed by atoms with Crippen LogP contribution in [0.5, 0.6) is 0 Å². The van der Waals surface area contributed by atoms with Crippen molar-refractivity contribution in [2.75, 3.05) is 0 Å². The quantitative estimate of drug-likeness (QED) is 0.525. The average molecular weight is 199 g/mol. The number of carboxylic acids is 1. The van der Waals surface area contributed by atoms with Gasteiger partial charge in [-0.05, 0) is 22.9 Å². The molecule has 0 radical (unpaired) electrons. The van der Waals surface area contributed by atoms with Crippen LogP contribution in [0.3, 0.4) is 0 Å². The SMILES string of the molecule is CC(O)C(O)(Br)C(=O)O. The first kappa shape index (κ1) is 8.87. The number of aliphatic carboxylic acids is 1. The molecule has 0 aromatic heterocycles. The van der Waals surface area contributed by atoms with E-state index < -0.39 is 16.6 Å². The maximum absolute atomic E-state index is 10.0. The molecule has 0 bridgehead atoms. The van der Waals surface area contributed by atoms with Crippen molar-refractivity contribution in [3.8, 4) is 0 Å². The summed E-state index contributed by atoms with van der Waals surface area (Å²) in [7, 11) is 0. The van der Waals surface area contributed by atoms with Gasteiger partial charge < -0.3 is 15.3 Å². The molecule has 0 aliphatic heterocycles. The van der Waals surface area contributed by atoms with E-state index in [1.54, 1.807) is 0 Å². The molecule has 0 spiro atoms. The first-order valence-electron chi connectivity index (χ1n) is 2.21. The smallest absolute Gasteiger partial charge is 0.349 e. The number of carboxylic acid groups (broad SMARTS) is 1. The summed E-state index contributed by atoms with van der Waals surface area (Å²) >= 11 is 2.42. The summed E-state index contributed by atoms with van der Waals surface area (Å²) in [6, 6.07) is 0. The molecular weight excluding hydrogens is 192 g/mol.